The zero-order valence-corrected chi connectivity index (χ0v) is 14.2. The SMILES string of the molecule is CCCCC1CCCC1NC(=O)Cc1ccc(C)c(OC)c1. The van der Waals surface area contributed by atoms with Crippen LogP contribution in [-0.4, -0.2) is 19.1 Å². The Hall–Kier alpha value is -1.51. The summed E-state index contributed by atoms with van der Waals surface area (Å²) < 4.78 is 5.33. The molecule has 0 heterocycles. The molecule has 0 bridgehead atoms. The lowest BCUT2D eigenvalue weighted by Crippen LogP contribution is -2.38. The predicted octanol–water partition coefficient (Wildman–Crippen LogP) is 4.02. The third-order valence-corrected chi connectivity index (χ3v) is 4.77. The lowest BCUT2D eigenvalue weighted by molar-refractivity contribution is -0.121. The summed E-state index contributed by atoms with van der Waals surface area (Å²) >= 11 is 0. The van der Waals surface area contributed by atoms with Gasteiger partial charge in [0.2, 0.25) is 5.91 Å². The van der Waals surface area contributed by atoms with E-state index in [0.717, 1.165) is 23.3 Å². The molecule has 1 saturated carbocycles. The second kappa shape index (κ2) is 8.21. The second-order valence-electron chi connectivity index (χ2n) is 6.49. The molecule has 0 saturated heterocycles. The highest BCUT2D eigenvalue weighted by molar-refractivity contribution is 5.79. The Morgan fingerprint density at radius 2 is 2.18 bits per heavy atom. The topological polar surface area (TPSA) is 38.3 Å². The number of hydrogen-bond acceptors (Lipinski definition) is 2. The van der Waals surface area contributed by atoms with E-state index in [0.29, 0.717) is 18.4 Å². The van der Waals surface area contributed by atoms with Crippen molar-refractivity contribution in [3.8, 4) is 5.75 Å². The number of carbonyl (C=O) groups is 1. The Morgan fingerprint density at radius 3 is 2.91 bits per heavy atom. The fourth-order valence-corrected chi connectivity index (χ4v) is 3.46. The minimum absolute atomic E-state index is 0.138. The molecule has 3 heteroatoms. The van der Waals surface area contributed by atoms with Gasteiger partial charge in [-0.15, -0.1) is 0 Å². The van der Waals surface area contributed by atoms with Gasteiger partial charge >= 0.3 is 0 Å². The first-order valence-electron chi connectivity index (χ1n) is 8.57. The Bertz CT molecular complexity index is 498. The molecule has 3 nitrogen and oxygen atoms in total. The second-order valence-corrected chi connectivity index (χ2v) is 6.49. The summed E-state index contributed by atoms with van der Waals surface area (Å²) in [4.78, 5) is 12.3. The Kier molecular flexibility index (Phi) is 6.29. The van der Waals surface area contributed by atoms with Gasteiger partial charge in [0.25, 0.3) is 0 Å². The van der Waals surface area contributed by atoms with Crippen molar-refractivity contribution in [2.24, 2.45) is 5.92 Å². The number of nitrogens with one attached hydrogen (secondary N) is 1. The number of amides is 1. The average molecular weight is 303 g/mol. The predicted molar refractivity (Wildman–Crippen MR) is 90.2 cm³/mol. The number of methoxy groups -OCH3 is 1. The molecule has 2 rings (SSSR count). The molecule has 1 aromatic carbocycles. The molecule has 0 aliphatic heterocycles. The molecule has 122 valence electrons. The van der Waals surface area contributed by atoms with E-state index in [2.05, 4.69) is 12.2 Å². The highest BCUT2D eigenvalue weighted by Crippen LogP contribution is 2.30. The summed E-state index contributed by atoms with van der Waals surface area (Å²) in [7, 11) is 1.67. The van der Waals surface area contributed by atoms with Crippen LogP contribution in [0.5, 0.6) is 5.75 Å². The summed E-state index contributed by atoms with van der Waals surface area (Å²) in [5.41, 5.74) is 2.12. The van der Waals surface area contributed by atoms with Gasteiger partial charge in [-0.05, 0) is 49.3 Å². The fraction of sp³-hybridized carbons (Fsp3) is 0.632. The minimum Gasteiger partial charge on any atom is -0.496 e. The van der Waals surface area contributed by atoms with Gasteiger partial charge in [0.15, 0.2) is 0 Å². The van der Waals surface area contributed by atoms with Crippen LogP contribution in [0.1, 0.15) is 56.6 Å². The van der Waals surface area contributed by atoms with Gasteiger partial charge in [0, 0.05) is 6.04 Å². The lowest BCUT2D eigenvalue weighted by atomic mass is 9.96. The molecule has 1 fully saturated rings. The number of unbranched alkanes of at least 4 members (excludes halogenated alkanes) is 1. The maximum absolute atomic E-state index is 12.3. The zero-order valence-electron chi connectivity index (χ0n) is 14.2. The molecule has 1 N–H and O–H groups in total. The highest BCUT2D eigenvalue weighted by atomic mass is 16.5. The molecule has 1 aliphatic rings. The van der Waals surface area contributed by atoms with Crippen LogP contribution in [0.25, 0.3) is 0 Å². The van der Waals surface area contributed by atoms with Crippen molar-refractivity contribution in [1.82, 2.24) is 5.32 Å². The van der Waals surface area contributed by atoms with E-state index in [-0.39, 0.29) is 5.91 Å². The molecule has 0 aromatic heterocycles. The number of hydrogen-bond donors (Lipinski definition) is 1. The normalized spacial score (nSPS) is 20.9. The van der Waals surface area contributed by atoms with E-state index in [4.69, 9.17) is 4.74 Å². The summed E-state index contributed by atoms with van der Waals surface area (Å²) in [6.07, 6.45) is 7.85. The fourth-order valence-electron chi connectivity index (χ4n) is 3.46. The molecular formula is C19H29NO2. The van der Waals surface area contributed by atoms with Crippen LogP contribution in [0.2, 0.25) is 0 Å². The monoisotopic (exact) mass is 303 g/mol. The van der Waals surface area contributed by atoms with Crippen LogP contribution >= 0.6 is 0 Å². The van der Waals surface area contributed by atoms with E-state index >= 15 is 0 Å². The van der Waals surface area contributed by atoms with Gasteiger partial charge in [-0.25, -0.2) is 0 Å². The Morgan fingerprint density at radius 1 is 1.36 bits per heavy atom. The Balaban J connectivity index is 1.89. The molecule has 22 heavy (non-hydrogen) atoms. The summed E-state index contributed by atoms with van der Waals surface area (Å²) in [6, 6.07) is 6.38. The van der Waals surface area contributed by atoms with E-state index in [1.54, 1.807) is 7.11 Å². The molecule has 0 radical (unpaired) electrons. The van der Waals surface area contributed by atoms with Gasteiger partial charge in [-0.3, -0.25) is 4.79 Å². The number of ether oxygens (including phenoxy) is 1. The van der Waals surface area contributed by atoms with Crippen molar-refractivity contribution in [3.63, 3.8) is 0 Å². The largest absolute Gasteiger partial charge is 0.496 e. The van der Waals surface area contributed by atoms with Gasteiger partial charge in [0.1, 0.15) is 5.75 Å². The van der Waals surface area contributed by atoms with Gasteiger partial charge in [-0.1, -0.05) is 38.3 Å². The highest BCUT2D eigenvalue weighted by Gasteiger charge is 2.27. The zero-order chi connectivity index (χ0) is 15.9. The third kappa shape index (κ3) is 4.49. The number of aryl methyl sites for hydroxylation is 1. The minimum atomic E-state index is 0.138. The Labute approximate surface area is 134 Å². The lowest BCUT2D eigenvalue weighted by Gasteiger charge is -2.21. The summed E-state index contributed by atoms with van der Waals surface area (Å²) in [5, 5.41) is 3.26. The maximum Gasteiger partial charge on any atom is 0.224 e. The van der Waals surface area contributed by atoms with E-state index in [1.165, 1.54) is 32.1 Å². The summed E-state index contributed by atoms with van der Waals surface area (Å²) in [5.74, 6) is 1.67. The van der Waals surface area contributed by atoms with Gasteiger partial charge < -0.3 is 10.1 Å². The van der Waals surface area contributed by atoms with Crippen LogP contribution in [0.4, 0.5) is 0 Å². The molecule has 2 atom stereocenters. The van der Waals surface area contributed by atoms with Crippen molar-refractivity contribution >= 4 is 5.91 Å². The van der Waals surface area contributed by atoms with Crippen molar-refractivity contribution in [3.05, 3.63) is 29.3 Å². The molecule has 1 amide bonds. The maximum atomic E-state index is 12.3. The third-order valence-electron chi connectivity index (χ3n) is 4.77. The molecule has 0 spiro atoms. The van der Waals surface area contributed by atoms with Gasteiger partial charge in [0.05, 0.1) is 13.5 Å². The first-order chi connectivity index (χ1) is 10.6. The van der Waals surface area contributed by atoms with Crippen LogP contribution in [0.15, 0.2) is 18.2 Å². The van der Waals surface area contributed by atoms with Crippen LogP contribution in [0, 0.1) is 12.8 Å². The first kappa shape index (κ1) is 16.9. The van der Waals surface area contributed by atoms with Crippen molar-refractivity contribution in [2.75, 3.05) is 7.11 Å². The number of benzene rings is 1. The number of rotatable bonds is 7. The van der Waals surface area contributed by atoms with E-state index < -0.39 is 0 Å². The van der Waals surface area contributed by atoms with Crippen LogP contribution in [-0.2, 0) is 11.2 Å². The van der Waals surface area contributed by atoms with Crippen molar-refractivity contribution in [2.45, 2.75) is 64.8 Å². The van der Waals surface area contributed by atoms with Crippen molar-refractivity contribution in [1.29, 1.82) is 0 Å². The molecule has 1 aromatic rings. The van der Waals surface area contributed by atoms with Gasteiger partial charge in [-0.2, -0.15) is 0 Å². The molecule has 2 unspecified atom stereocenters. The molecular weight excluding hydrogens is 274 g/mol. The van der Waals surface area contributed by atoms with Crippen molar-refractivity contribution < 1.29 is 9.53 Å². The number of carbonyl (C=O) groups excluding carboxylic acids is 1. The van der Waals surface area contributed by atoms with E-state index in [9.17, 15) is 4.79 Å². The summed E-state index contributed by atoms with van der Waals surface area (Å²) in [6.45, 7) is 4.24. The van der Waals surface area contributed by atoms with Crippen LogP contribution in [0.3, 0.4) is 0 Å². The quantitative estimate of drug-likeness (QED) is 0.826. The van der Waals surface area contributed by atoms with Crippen LogP contribution < -0.4 is 10.1 Å². The smallest absolute Gasteiger partial charge is 0.224 e. The average Bonchev–Trinajstić information content (AvgIpc) is 2.94. The standard InChI is InChI=1S/C19H29NO2/c1-4-5-7-16-8-6-9-17(16)20-19(21)13-15-11-10-14(2)18(12-15)22-3/h10-12,16-17H,4-9,13H2,1-3H3,(H,20,21). The molecule has 1 aliphatic carbocycles. The van der Waals surface area contributed by atoms with E-state index in [1.807, 2.05) is 25.1 Å². The first-order valence-corrected chi connectivity index (χ1v) is 8.57.